The van der Waals surface area contributed by atoms with Gasteiger partial charge >= 0.3 is 12.0 Å². The molecule has 1 saturated carbocycles. The number of urea groups is 1. The second-order valence-electron chi connectivity index (χ2n) is 6.84. The topological polar surface area (TPSA) is 113 Å². The van der Waals surface area contributed by atoms with E-state index in [1.54, 1.807) is 17.0 Å². The predicted molar refractivity (Wildman–Crippen MR) is 89.2 cm³/mol. The summed E-state index contributed by atoms with van der Waals surface area (Å²) >= 11 is 0. The summed E-state index contributed by atoms with van der Waals surface area (Å²) in [6, 6.07) is 5.98. The van der Waals surface area contributed by atoms with Gasteiger partial charge in [-0.2, -0.15) is 0 Å². The highest BCUT2D eigenvalue weighted by Crippen LogP contribution is 2.48. The van der Waals surface area contributed by atoms with Crippen molar-refractivity contribution in [2.75, 3.05) is 19.6 Å². The first-order valence-corrected chi connectivity index (χ1v) is 8.42. The molecule has 1 aliphatic carbocycles. The molecule has 1 aliphatic heterocycles. The van der Waals surface area contributed by atoms with Crippen molar-refractivity contribution in [2.24, 2.45) is 11.3 Å². The summed E-state index contributed by atoms with van der Waals surface area (Å²) in [4.78, 5) is 35.7. The second-order valence-corrected chi connectivity index (χ2v) is 6.84. The summed E-state index contributed by atoms with van der Waals surface area (Å²) in [5.41, 5.74) is 0.164. The maximum Gasteiger partial charge on any atom is 0.317 e. The standard InChI is InChI=1S/C17H21N3O5/c21-15(22)17-8-1-2-13(17)10-19(11-17)16(23)18-9-7-12-3-5-14(6-4-12)20(24)25/h3-6,13H,1-2,7-11H2,(H,18,23)(H,21,22)/t13-,17+/m0/s1. The minimum absolute atomic E-state index is 0.0374. The van der Waals surface area contributed by atoms with E-state index < -0.39 is 16.3 Å². The van der Waals surface area contributed by atoms with E-state index in [0.29, 0.717) is 25.9 Å². The van der Waals surface area contributed by atoms with E-state index in [2.05, 4.69) is 5.32 Å². The lowest BCUT2D eigenvalue weighted by Gasteiger charge is -2.23. The number of carboxylic acids is 1. The van der Waals surface area contributed by atoms with E-state index in [0.717, 1.165) is 18.4 Å². The summed E-state index contributed by atoms with van der Waals surface area (Å²) in [7, 11) is 0. The fraction of sp³-hybridized carbons (Fsp3) is 0.529. The maximum absolute atomic E-state index is 12.3. The molecule has 134 valence electrons. The van der Waals surface area contributed by atoms with Crippen LogP contribution < -0.4 is 5.32 Å². The Morgan fingerprint density at radius 1 is 1.36 bits per heavy atom. The second kappa shape index (κ2) is 6.70. The monoisotopic (exact) mass is 347 g/mol. The van der Waals surface area contributed by atoms with Crippen LogP contribution >= 0.6 is 0 Å². The molecule has 1 aromatic carbocycles. The Balaban J connectivity index is 1.50. The number of non-ortho nitro benzene ring substituents is 1. The molecule has 8 heteroatoms. The SMILES string of the molecule is O=C(NCCc1ccc([N+](=O)[O-])cc1)N1C[C@@H]2CCC[C@@]2(C(=O)O)C1. The average molecular weight is 347 g/mol. The molecule has 0 spiro atoms. The fourth-order valence-electron chi connectivity index (χ4n) is 4.00. The number of carboxylic acid groups (broad SMARTS) is 1. The molecule has 3 rings (SSSR count). The van der Waals surface area contributed by atoms with Crippen molar-refractivity contribution in [1.82, 2.24) is 10.2 Å². The smallest absolute Gasteiger partial charge is 0.317 e. The van der Waals surface area contributed by atoms with Crippen molar-refractivity contribution in [3.8, 4) is 0 Å². The van der Waals surface area contributed by atoms with Crippen LogP contribution in [0.2, 0.25) is 0 Å². The Morgan fingerprint density at radius 2 is 2.08 bits per heavy atom. The molecule has 25 heavy (non-hydrogen) atoms. The lowest BCUT2D eigenvalue weighted by atomic mass is 9.81. The van der Waals surface area contributed by atoms with Gasteiger partial charge in [0.05, 0.1) is 10.3 Å². The molecule has 2 N–H and O–H groups in total. The number of aliphatic carboxylic acids is 1. The normalized spacial score (nSPS) is 24.8. The number of carbonyl (C=O) groups is 2. The molecule has 0 bridgehead atoms. The van der Waals surface area contributed by atoms with E-state index >= 15 is 0 Å². The van der Waals surface area contributed by atoms with Crippen LogP contribution in [0, 0.1) is 21.4 Å². The Bertz CT molecular complexity index is 690. The highest BCUT2D eigenvalue weighted by atomic mass is 16.6. The molecule has 2 amide bonds. The lowest BCUT2D eigenvalue weighted by Crippen LogP contribution is -2.42. The number of amides is 2. The number of nitro benzene ring substituents is 1. The Hall–Kier alpha value is -2.64. The van der Waals surface area contributed by atoms with E-state index in [4.69, 9.17) is 0 Å². The number of nitro groups is 1. The van der Waals surface area contributed by atoms with Crippen LogP contribution in [-0.4, -0.2) is 46.6 Å². The zero-order valence-electron chi connectivity index (χ0n) is 13.8. The van der Waals surface area contributed by atoms with Gasteiger partial charge in [0.2, 0.25) is 0 Å². The molecule has 8 nitrogen and oxygen atoms in total. The number of fused-ring (bicyclic) bond motifs is 1. The maximum atomic E-state index is 12.3. The van der Waals surface area contributed by atoms with Gasteiger partial charge in [-0.3, -0.25) is 14.9 Å². The van der Waals surface area contributed by atoms with Crippen molar-refractivity contribution < 1.29 is 19.6 Å². The van der Waals surface area contributed by atoms with E-state index in [1.165, 1.54) is 12.1 Å². The molecule has 0 unspecified atom stereocenters. The van der Waals surface area contributed by atoms with Gasteiger partial charge in [0.15, 0.2) is 0 Å². The first-order chi connectivity index (χ1) is 11.9. The van der Waals surface area contributed by atoms with Gasteiger partial charge < -0.3 is 15.3 Å². The minimum atomic E-state index is -0.795. The van der Waals surface area contributed by atoms with Crippen LogP contribution in [0.5, 0.6) is 0 Å². The first-order valence-electron chi connectivity index (χ1n) is 8.42. The number of hydrogen-bond acceptors (Lipinski definition) is 4. The summed E-state index contributed by atoms with van der Waals surface area (Å²) in [6.07, 6.45) is 2.97. The number of benzene rings is 1. The van der Waals surface area contributed by atoms with Crippen LogP contribution in [0.3, 0.4) is 0 Å². The molecule has 0 radical (unpaired) electrons. The zero-order chi connectivity index (χ0) is 18.0. The number of nitrogens with one attached hydrogen (secondary N) is 1. The Kier molecular flexibility index (Phi) is 4.61. The van der Waals surface area contributed by atoms with Crippen LogP contribution in [0.15, 0.2) is 24.3 Å². The third kappa shape index (κ3) is 3.29. The molecule has 2 fully saturated rings. The molecule has 1 heterocycles. The molecule has 2 aliphatic rings. The summed E-state index contributed by atoms with van der Waals surface area (Å²) < 4.78 is 0. The molecular weight excluding hydrogens is 326 g/mol. The minimum Gasteiger partial charge on any atom is -0.481 e. The number of carbonyl (C=O) groups excluding carboxylic acids is 1. The van der Waals surface area contributed by atoms with E-state index in [-0.39, 0.29) is 24.2 Å². The van der Waals surface area contributed by atoms with Crippen molar-refractivity contribution in [2.45, 2.75) is 25.7 Å². The fourth-order valence-corrected chi connectivity index (χ4v) is 4.00. The van der Waals surface area contributed by atoms with Crippen molar-refractivity contribution >= 4 is 17.7 Å². The van der Waals surface area contributed by atoms with Crippen molar-refractivity contribution in [1.29, 1.82) is 0 Å². The highest BCUT2D eigenvalue weighted by molar-refractivity contribution is 5.80. The van der Waals surface area contributed by atoms with Gasteiger partial charge in [0.25, 0.3) is 5.69 Å². The van der Waals surface area contributed by atoms with Gasteiger partial charge in [-0.15, -0.1) is 0 Å². The quantitative estimate of drug-likeness (QED) is 0.625. The van der Waals surface area contributed by atoms with Crippen LogP contribution in [0.1, 0.15) is 24.8 Å². The molecule has 1 aromatic rings. The Labute approximate surface area is 145 Å². The van der Waals surface area contributed by atoms with Crippen LogP contribution in [0.4, 0.5) is 10.5 Å². The number of hydrogen-bond donors (Lipinski definition) is 2. The van der Waals surface area contributed by atoms with Gasteiger partial charge in [-0.05, 0) is 30.7 Å². The van der Waals surface area contributed by atoms with Crippen LogP contribution in [-0.2, 0) is 11.2 Å². The Morgan fingerprint density at radius 3 is 2.68 bits per heavy atom. The predicted octanol–water partition coefficient (Wildman–Crippen LogP) is 2.03. The van der Waals surface area contributed by atoms with Gasteiger partial charge in [-0.25, -0.2) is 4.79 Å². The van der Waals surface area contributed by atoms with Crippen LogP contribution in [0.25, 0.3) is 0 Å². The molecule has 0 aromatic heterocycles. The zero-order valence-corrected chi connectivity index (χ0v) is 13.8. The lowest BCUT2D eigenvalue weighted by molar-refractivity contribution is -0.384. The summed E-state index contributed by atoms with van der Waals surface area (Å²) in [5, 5.41) is 23.0. The van der Waals surface area contributed by atoms with E-state index in [1.807, 2.05) is 0 Å². The molecule has 2 atom stereocenters. The van der Waals surface area contributed by atoms with E-state index in [9.17, 15) is 24.8 Å². The molecule has 1 saturated heterocycles. The highest BCUT2D eigenvalue weighted by Gasteiger charge is 2.55. The summed E-state index contributed by atoms with van der Waals surface area (Å²) in [6.45, 7) is 1.17. The third-order valence-electron chi connectivity index (χ3n) is 5.42. The van der Waals surface area contributed by atoms with Crippen molar-refractivity contribution in [3.63, 3.8) is 0 Å². The van der Waals surface area contributed by atoms with Gasteiger partial charge in [0.1, 0.15) is 0 Å². The first kappa shape index (κ1) is 17.2. The summed E-state index contributed by atoms with van der Waals surface area (Å²) in [5.74, 6) is -0.749. The number of nitrogens with zero attached hydrogens (tertiary/aromatic N) is 2. The molecular formula is C17H21N3O5. The van der Waals surface area contributed by atoms with Gasteiger partial charge in [-0.1, -0.05) is 18.6 Å². The number of rotatable bonds is 5. The largest absolute Gasteiger partial charge is 0.481 e. The average Bonchev–Trinajstić information content (AvgIpc) is 3.13. The third-order valence-corrected chi connectivity index (χ3v) is 5.42. The number of likely N-dealkylation sites (tertiary alicyclic amines) is 1. The van der Waals surface area contributed by atoms with Gasteiger partial charge in [0, 0.05) is 31.8 Å². The van der Waals surface area contributed by atoms with Crippen molar-refractivity contribution in [3.05, 3.63) is 39.9 Å².